The Morgan fingerprint density at radius 2 is 2.53 bits per heavy atom. The second-order valence-electron chi connectivity index (χ2n) is 4.39. The van der Waals surface area contributed by atoms with Gasteiger partial charge in [-0.05, 0) is 39.3 Å². The van der Waals surface area contributed by atoms with Gasteiger partial charge >= 0.3 is 0 Å². The fourth-order valence-electron chi connectivity index (χ4n) is 2.13. The molecule has 0 amide bonds. The third-order valence-corrected chi connectivity index (χ3v) is 4.33. The first-order valence-electron chi connectivity index (χ1n) is 5.57. The smallest absolute Gasteiger partial charge is 0.110 e. The molecule has 2 unspecified atom stereocenters. The Morgan fingerprint density at radius 1 is 1.73 bits per heavy atom. The predicted octanol–water partition coefficient (Wildman–Crippen LogP) is 1.79. The first kappa shape index (κ1) is 11.0. The van der Waals surface area contributed by atoms with E-state index in [0.29, 0.717) is 12.0 Å². The summed E-state index contributed by atoms with van der Waals surface area (Å²) >= 11 is 1.77. The zero-order chi connectivity index (χ0) is 10.8. The van der Waals surface area contributed by atoms with Crippen LogP contribution in [0.1, 0.15) is 30.1 Å². The summed E-state index contributed by atoms with van der Waals surface area (Å²) in [6, 6.07) is 0.459. The van der Waals surface area contributed by atoms with E-state index in [9.17, 15) is 0 Å². The molecule has 1 saturated heterocycles. The molecule has 1 aliphatic rings. The van der Waals surface area contributed by atoms with E-state index in [4.69, 9.17) is 5.73 Å². The summed E-state index contributed by atoms with van der Waals surface area (Å²) in [4.78, 5) is 7.05. The molecule has 0 aromatic carbocycles. The van der Waals surface area contributed by atoms with E-state index in [2.05, 4.69) is 29.1 Å². The lowest BCUT2D eigenvalue weighted by molar-refractivity contribution is 0.253. The average Bonchev–Trinajstić information content (AvgIpc) is 2.84. The molecule has 2 atom stereocenters. The number of aromatic nitrogens is 1. The molecular formula is C11H19N3S. The Hall–Kier alpha value is -0.450. The highest BCUT2D eigenvalue weighted by atomic mass is 32.1. The minimum absolute atomic E-state index is 0.459. The normalized spacial score (nSPS) is 24.6. The Bertz CT molecular complexity index is 323. The van der Waals surface area contributed by atoms with Crippen LogP contribution in [-0.4, -0.2) is 29.5 Å². The van der Waals surface area contributed by atoms with Gasteiger partial charge in [-0.3, -0.25) is 4.90 Å². The first-order chi connectivity index (χ1) is 7.20. The first-order valence-corrected chi connectivity index (χ1v) is 6.45. The number of rotatable bonds is 3. The Kier molecular flexibility index (Phi) is 3.38. The van der Waals surface area contributed by atoms with Gasteiger partial charge in [-0.1, -0.05) is 0 Å². The summed E-state index contributed by atoms with van der Waals surface area (Å²) in [7, 11) is 0. The largest absolute Gasteiger partial charge is 0.330 e. The van der Waals surface area contributed by atoms with E-state index in [1.54, 1.807) is 11.3 Å². The molecule has 1 aliphatic heterocycles. The molecule has 0 spiro atoms. The number of thiazole rings is 1. The molecular weight excluding hydrogens is 206 g/mol. The molecule has 0 bridgehead atoms. The molecule has 2 rings (SSSR count). The number of nitrogens with zero attached hydrogens (tertiary/aromatic N) is 2. The number of hydrogen-bond donors (Lipinski definition) is 1. The molecule has 1 aromatic heterocycles. The van der Waals surface area contributed by atoms with Crippen LogP contribution in [-0.2, 0) is 0 Å². The molecule has 3 nitrogen and oxygen atoms in total. The molecule has 1 fully saturated rings. The Morgan fingerprint density at radius 3 is 3.07 bits per heavy atom. The van der Waals surface area contributed by atoms with E-state index in [0.717, 1.165) is 18.8 Å². The highest BCUT2D eigenvalue weighted by Crippen LogP contribution is 2.28. The van der Waals surface area contributed by atoms with Gasteiger partial charge in [0, 0.05) is 17.6 Å². The lowest BCUT2D eigenvalue weighted by Gasteiger charge is -2.22. The third kappa shape index (κ3) is 2.38. The van der Waals surface area contributed by atoms with E-state index in [-0.39, 0.29) is 0 Å². The van der Waals surface area contributed by atoms with Crippen LogP contribution in [0, 0.1) is 12.8 Å². The van der Waals surface area contributed by atoms with Crippen molar-refractivity contribution in [3.63, 3.8) is 0 Å². The summed E-state index contributed by atoms with van der Waals surface area (Å²) in [5.41, 5.74) is 6.83. The summed E-state index contributed by atoms with van der Waals surface area (Å²) < 4.78 is 0. The number of nitrogens with two attached hydrogens (primary N) is 1. The monoisotopic (exact) mass is 225 g/mol. The van der Waals surface area contributed by atoms with Crippen molar-refractivity contribution in [3.05, 3.63) is 16.1 Å². The minimum atomic E-state index is 0.459. The van der Waals surface area contributed by atoms with Gasteiger partial charge in [0.15, 0.2) is 0 Å². The van der Waals surface area contributed by atoms with Crippen molar-refractivity contribution in [3.8, 4) is 0 Å². The minimum Gasteiger partial charge on any atom is -0.330 e. The maximum Gasteiger partial charge on any atom is 0.110 e. The van der Waals surface area contributed by atoms with Crippen LogP contribution < -0.4 is 5.73 Å². The highest BCUT2D eigenvalue weighted by molar-refractivity contribution is 7.09. The van der Waals surface area contributed by atoms with Crippen LogP contribution >= 0.6 is 11.3 Å². The SMILES string of the molecule is Cc1csc(C(C)N2CCC(CN)C2)n1. The van der Waals surface area contributed by atoms with E-state index in [1.165, 1.54) is 18.0 Å². The van der Waals surface area contributed by atoms with Crippen molar-refractivity contribution in [1.29, 1.82) is 0 Å². The number of aryl methyl sites for hydroxylation is 1. The van der Waals surface area contributed by atoms with Crippen molar-refractivity contribution in [1.82, 2.24) is 9.88 Å². The Balaban J connectivity index is 2.00. The zero-order valence-electron chi connectivity index (χ0n) is 9.44. The van der Waals surface area contributed by atoms with Gasteiger partial charge in [-0.15, -0.1) is 11.3 Å². The van der Waals surface area contributed by atoms with Gasteiger partial charge in [0.05, 0.1) is 6.04 Å². The second kappa shape index (κ2) is 4.60. The van der Waals surface area contributed by atoms with Crippen LogP contribution in [0.25, 0.3) is 0 Å². The van der Waals surface area contributed by atoms with Crippen molar-refractivity contribution in [2.75, 3.05) is 19.6 Å². The molecule has 0 aliphatic carbocycles. The molecule has 0 radical (unpaired) electrons. The van der Waals surface area contributed by atoms with E-state index < -0.39 is 0 Å². The third-order valence-electron chi connectivity index (χ3n) is 3.19. The standard InChI is InChI=1S/C11H19N3S/c1-8-7-15-11(13-8)9(2)14-4-3-10(5-12)6-14/h7,9-10H,3-6,12H2,1-2H3. The molecule has 15 heavy (non-hydrogen) atoms. The van der Waals surface area contributed by atoms with Gasteiger partial charge in [-0.25, -0.2) is 4.98 Å². The van der Waals surface area contributed by atoms with Gasteiger partial charge in [0.2, 0.25) is 0 Å². The molecule has 84 valence electrons. The molecule has 1 aromatic rings. The molecule has 2 heterocycles. The quantitative estimate of drug-likeness (QED) is 0.853. The maximum absolute atomic E-state index is 5.70. The van der Waals surface area contributed by atoms with Gasteiger partial charge in [0.1, 0.15) is 5.01 Å². The maximum atomic E-state index is 5.70. The van der Waals surface area contributed by atoms with Gasteiger partial charge in [-0.2, -0.15) is 0 Å². The second-order valence-corrected chi connectivity index (χ2v) is 5.28. The zero-order valence-corrected chi connectivity index (χ0v) is 10.3. The molecule has 0 saturated carbocycles. The summed E-state index contributed by atoms with van der Waals surface area (Å²) in [6.07, 6.45) is 1.24. The summed E-state index contributed by atoms with van der Waals surface area (Å²) in [5, 5.41) is 3.37. The fraction of sp³-hybridized carbons (Fsp3) is 0.727. The van der Waals surface area contributed by atoms with Crippen LogP contribution in [0.15, 0.2) is 5.38 Å². The van der Waals surface area contributed by atoms with E-state index in [1.807, 2.05) is 0 Å². The van der Waals surface area contributed by atoms with Crippen LogP contribution in [0.3, 0.4) is 0 Å². The highest BCUT2D eigenvalue weighted by Gasteiger charge is 2.26. The molecule has 4 heteroatoms. The lowest BCUT2D eigenvalue weighted by atomic mass is 10.1. The fourth-order valence-corrected chi connectivity index (χ4v) is 3.01. The van der Waals surface area contributed by atoms with Gasteiger partial charge < -0.3 is 5.73 Å². The number of hydrogen-bond acceptors (Lipinski definition) is 4. The van der Waals surface area contributed by atoms with Crippen molar-refractivity contribution in [2.45, 2.75) is 26.3 Å². The number of likely N-dealkylation sites (tertiary alicyclic amines) is 1. The van der Waals surface area contributed by atoms with Crippen LogP contribution in [0.2, 0.25) is 0 Å². The predicted molar refractivity (Wildman–Crippen MR) is 64.0 cm³/mol. The lowest BCUT2D eigenvalue weighted by Crippen LogP contribution is -2.26. The average molecular weight is 225 g/mol. The van der Waals surface area contributed by atoms with Crippen LogP contribution in [0.4, 0.5) is 0 Å². The van der Waals surface area contributed by atoms with Gasteiger partial charge in [0.25, 0.3) is 0 Å². The van der Waals surface area contributed by atoms with Crippen molar-refractivity contribution >= 4 is 11.3 Å². The summed E-state index contributed by atoms with van der Waals surface area (Å²) in [6.45, 7) is 7.43. The van der Waals surface area contributed by atoms with E-state index >= 15 is 0 Å². The topological polar surface area (TPSA) is 42.1 Å². The van der Waals surface area contributed by atoms with Crippen molar-refractivity contribution < 1.29 is 0 Å². The van der Waals surface area contributed by atoms with Crippen LogP contribution in [0.5, 0.6) is 0 Å². The molecule has 2 N–H and O–H groups in total. The van der Waals surface area contributed by atoms with Crippen molar-refractivity contribution in [2.24, 2.45) is 11.7 Å². The summed E-state index contributed by atoms with van der Waals surface area (Å²) in [5.74, 6) is 0.688. The Labute approximate surface area is 95.3 Å².